The van der Waals surface area contributed by atoms with Gasteiger partial charge in [0.2, 0.25) is 11.8 Å². The Morgan fingerprint density at radius 2 is 1.62 bits per heavy atom. The summed E-state index contributed by atoms with van der Waals surface area (Å²) in [6.07, 6.45) is 5.16. The van der Waals surface area contributed by atoms with E-state index < -0.39 is 5.54 Å². The zero-order valence-electron chi connectivity index (χ0n) is 22.8. The standard InChI is InChI=1S/C31H41N3O3/c1-22(2)21-24-5-9-25(10-6-24)28-32(3)31(16-19-33(20-17-31)29(35)26-11-12-26)30(36)34(28)18-15-23-7-13-27(37-4)14-8-23/h5-10,13-14,22,26,28H,11-12,15-21H2,1-4H3. The lowest BCUT2D eigenvalue weighted by Crippen LogP contribution is -2.56. The lowest BCUT2D eigenvalue weighted by molar-refractivity contribution is -0.141. The third-order valence-corrected chi connectivity index (χ3v) is 8.55. The first kappa shape index (κ1) is 25.8. The number of piperidine rings is 1. The number of likely N-dealkylation sites (N-methyl/N-ethyl adjacent to an activating group) is 1. The molecular formula is C31H41N3O3. The number of rotatable bonds is 8. The summed E-state index contributed by atoms with van der Waals surface area (Å²) in [7, 11) is 3.78. The van der Waals surface area contributed by atoms with E-state index in [0.29, 0.717) is 38.4 Å². The summed E-state index contributed by atoms with van der Waals surface area (Å²) < 4.78 is 5.31. The van der Waals surface area contributed by atoms with Gasteiger partial charge in [0, 0.05) is 25.6 Å². The van der Waals surface area contributed by atoms with Gasteiger partial charge < -0.3 is 14.5 Å². The number of likely N-dealkylation sites (tertiary alicyclic amines) is 1. The molecule has 1 saturated carbocycles. The molecule has 0 aromatic heterocycles. The molecule has 2 heterocycles. The van der Waals surface area contributed by atoms with E-state index in [9.17, 15) is 9.59 Å². The quantitative estimate of drug-likeness (QED) is 0.525. The van der Waals surface area contributed by atoms with Crippen molar-refractivity contribution in [2.45, 2.75) is 64.1 Å². The van der Waals surface area contributed by atoms with Crippen molar-refractivity contribution in [3.8, 4) is 5.75 Å². The van der Waals surface area contributed by atoms with Gasteiger partial charge in [0.1, 0.15) is 17.5 Å². The molecule has 198 valence electrons. The zero-order chi connectivity index (χ0) is 26.2. The van der Waals surface area contributed by atoms with E-state index in [4.69, 9.17) is 4.74 Å². The summed E-state index contributed by atoms with van der Waals surface area (Å²) in [5, 5.41) is 0. The molecule has 5 rings (SSSR count). The first-order chi connectivity index (χ1) is 17.8. The van der Waals surface area contributed by atoms with E-state index in [1.807, 2.05) is 17.0 Å². The number of methoxy groups -OCH3 is 1. The molecule has 0 radical (unpaired) electrons. The van der Waals surface area contributed by atoms with Crippen LogP contribution in [0.5, 0.6) is 5.75 Å². The predicted molar refractivity (Wildman–Crippen MR) is 145 cm³/mol. The minimum absolute atomic E-state index is 0.107. The molecule has 2 aromatic rings. The number of ether oxygens (including phenoxy) is 1. The normalized spacial score (nSPS) is 21.8. The van der Waals surface area contributed by atoms with Crippen molar-refractivity contribution in [3.63, 3.8) is 0 Å². The Balaban J connectivity index is 1.38. The number of carbonyl (C=O) groups is 2. The van der Waals surface area contributed by atoms with Crippen molar-refractivity contribution in [3.05, 3.63) is 65.2 Å². The van der Waals surface area contributed by atoms with Gasteiger partial charge in [-0.25, -0.2) is 0 Å². The third kappa shape index (κ3) is 5.13. The molecule has 6 nitrogen and oxygen atoms in total. The van der Waals surface area contributed by atoms with Crippen LogP contribution in [-0.2, 0) is 22.4 Å². The lowest BCUT2D eigenvalue weighted by Gasteiger charge is -2.42. The molecule has 0 N–H and O–H groups in total. The molecule has 2 saturated heterocycles. The van der Waals surface area contributed by atoms with Crippen LogP contribution >= 0.6 is 0 Å². The average molecular weight is 504 g/mol. The summed E-state index contributed by atoms with van der Waals surface area (Å²) >= 11 is 0. The second kappa shape index (κ2) is 10.5. The SMILES string of the molecule is COc1ccc(CCN2C(=O)C3(CCN(C(=O)C4CC4)CC3)N(C)C2c2ccc(CC(C)C)cc2)cc1. The fourth-order valence-electron chi connectivity index (χ4n) is 6.19. The summed E-state index contributed by atoms with van der Waals surface area (Å²) in [5.74, 6) is 2.17. The molecule has 0 bridgehead atoms. The van der Waals surface area contributed by atoms with E-state index in [2.05, 4.69) is 67.1 Å². The Morgan fingerprint density at radius 1 is 1.00 bits per heavy atom. The predicted octanol–water partition coefficient (Wildman–Crippen LogP) is 4.68. The first-order valence-corrected chi connectivity index (χ1v) is 13.9. The van der Waals surface area contributed by atoms with Gasteiger partial charge in [0.15, 0.2) is 0 Å². The topological polar surface area (TPSA) is 53.1 Å². The molecule has 1 atom stereocenters. The van der Waals surface area contributed by atoms with Gasteiger partial charge >= 0.3 is 0 Å². The minimum atomic E-state index is -0.554. The highest BCUT2D eigenvalue weighted by molar-refractivity contribution is 5.90. The van der Waals surface area contributed by atoms with Crippen molar-refractivity contribution in [1.82, 2.24) is 14.7 Å². The second-order valence-electron chi connectivity index (χ2n) is 11.6. The van der Waals surface area contributed by atoms with Crippen LogP contribution in [0, 0.1) is 11.8 Å². The Bertz CT molecular complexity index is 1100. The molecule has 2 aromatic carbocycles. The largest absolute Gasteiger partial charge is 0.497 e. The molecule has 3 aliphatic rings. The molecule has 2 aliphatic heterocycles. The van der Waals surface area contributed by atoms with Crippen LogP contribution in [0.2, 0.25) is 0 Å². The maximum atomic E-state index is 14.2. The van der Waals surface area contributed by atoms with Crippen molar-refractivity contribution < 1.29 is 14.3 Å². The van der Waals surface area contributed by atoms with Crippen LogP contribution in [0.25, 0.3) is 0 Å². The molecule has 1 aliphatic carbocycles. The van der Waals surface area contributed by atoms with Crippen LogP contribution in [-0.4, -0.2) is 65.8 Å². The molecular weight excluding hydrogens is 462 g/mol. The molecule has 6 heteroatoms. The lowest BCUT2D eigenvalue weighted by atomic mass is 9.85. The third-order valence-electron chi connectivity index (χ3n) is 8.55. The van der Waals surface area contributed by atoms with Gasteiger partial charge in [-0.05, 0) is 80.3 Å². The second-order valence-corrected chi connectivity index (χ2v) is 11.6. The van der Waals surface area contributed by atoms with E-state index >= 15 is 0 Å². The number of hydrogen-bond donors (Lipinski definition) is 0. The maximum Gasteiger partial charge on any atom is 0.244 e. The zero-order valence-corrected chi connectivity index (χ0v) is 22.8. The van der Waals surface area contributed by atoms with Crippen molar-refractivity contribution in [2.75, 3.05) is 33.8 Å². The fraction of sp³-hybridized carbons (Fsp3) is 0.548. The van der Waals surface area contributed by atoms with Crippen molar-refractivity contribution in [1.29, 1.82) is 0 Å². The average Bonchev–Trinajstić information content (AvgIpc) is 3.74. The van der Waals surface area contributed by atoms with Crippen LogP contribution in [0.3, 0.4) is 0 Å². The van der Waals surface area contributed by atoms with Gasteiger partial charge in [-0.3, -0.25) is 14.5 Å². The Labute approximate surface area is 221 Å². The van der Waals surface area contributed by atoms with Gasteiger partial charge in [0.05, 0.1) is 7.11 Å². The van der Waals surface area contributed by atoms with Gasteiger partial charge in [-0.1, -0.05) is 50.2 Å². The van der Waals surface area contributed by atoms with E-state index in [0.717, 1.165) is 37.0 Å². The first-order valence-electron chi connectivity index (χ1n) is 13.9. The Morgan fingerprint density at radius 3 is 2.19 bits per heavy atom. The Kier molecular flexibility index (Phi) is 7.30. The monoisotopic (exact) mass is 503 g/mol. The van der Waals surface area contributed by atoms with E-state index in [1.54, 1.807) is 7.11 Å². The highest BCUT2D eigenvalue weighted by Gasteiger charge is 2.57. The minimum Gasteiger partial charge on any atom is -0.497 e. The highest BCUT2D eigenvalue weighted by atomic mass is 16.5. The number of benzene rings is 2. The van der Waals surface area contributed by atoms with E-state index in [1.165, 1.54) is 11.1 Å². The number of hydrogen-bond acceptors (Lipinski definition) is 4. The molecule has 2 amide bonds. The summed E-state index contributed by atoms with van der Waals surface area (Å²) in [5.41, 5.74) is 3.12. The van der Waals surface area contributed by atoms with Crippen molar-refractivity contribution >= 4 is 11.8 Å². The van der Waals surface area contributed by atoms with Gasteiger partial charge in [-0.2, -0.15) is 0 Å². The number of carbonyl (C=O) groups excluding carboxylic acids is 2. The van der Waals surface area contributed by atoms with Crippen LogP contribution in [0.4, 0.5) is 0 Å². The van der Waals surface area contributed by atoms with Crippen LogP contribution < -0.4 is 4.74 Å². The number of amides is 2. The summed E-state index contributed by atoms with van der Waals surface area (Å²) in [6.45, 7) is 6.46. The molecule has 37 heavy (non-hydrogen) atoms. The molecule has 3 fully saturated rings. The van der Waals surface area contributed by atoms with Gasteiger partial charge in [0.25, 0.3) is 0 Å². The van der Waals surface area contributed by atoms with E-state index in [-0.39, 0.29) is 23.9 Å². The Hall–Kier alpha value is -2.86. The van der Waals surface area contributed by atoms with Crippen molar-refractivity contribution in [2.24, 2.45) is 11.8 Å². The maximum absolute atomic E-state index is 14.2. The summed E-state index contributed by atoms with van der Waals surface area (Å²) in [6, 6.07) is 17.0. The smallest absolute Gasteiger partial charge is 0.244 e. The number of nitrogens with zero attached hydrogens (tertiary/aromatic N) is 3. The highest BCUT2D eigenvalue weighted by Crippen LogP contribution is 2.45. The molecule has 1 spiro atoms. The summed E-state index contributed by atoms with van der Waals surface area (Å²) in [4.78, 5) is 33.3. The molecule has 1 unspecified atom stereocenters. The van der Waals surface area contributed by atoms with Crippen LogP contribution in [0.15, 0.2) is 48.5 Å². The van der Waals surface area contributed by atoms with Gasteiger partial charge in [-0.15, -0.1) is 0 Å². The fourth-order valence-corrected chi connectivity index (χ4v) is 6.19. The van der Waals surface area contributed by atoms with Crippen LogP contribution in [0.1, 0.15) is 62.4 Å².